The number of halogens is 4. The smallest absolute Gasteiger partial charge is 0.346 e. The molecule has 0 saturated carbocycles. The average molecular weight is 376 g/mol. The number of fused-ring (bicyclic) bond motifs is 1. The van der Waals surface area contributed by atoms with Gasteiger partial charge in [0.1, 0.15) is 16.5 Å². The maximum atomic E-state index is 14.1. The summed E-state index contributed by atoms with van der Waals surface area (Å²) in [4.78, 5) is 11.4. The summed E-state index contributed by atoms with van der Waals surface area (Å²) in [5.41, 5.74) is 0.112. The molecule has 2 aromatic carbocycles. The van der Waals surface area contributed by atoms with Gasteiger partial charge in [0, 0.05) is 32.3 Å². The highest BCUT2D eigenvalue weighted by Gasteiger charge is 2.22. The molecular formula is C15H9Cl2F2NO2S. The molecule has 23 heavy (non-hydrogen) atoms. The van der Waals surface area contributed by atoms with Crippen LogP contribution in [0, 0.1) is 11.6 Å². The van der Waals surface area contributed by atoms with Crippen molar-refractivity contribution < 1.29 is 18.7 Å². The van der Waals surface area contributed by atoms with Crippen LogP contribution >= 0.6 is 34.5 Å². The van der Waals surface area contributed by atoms with Crippen molar-refractivity contribution in [2.24, 2.45) is 0 Å². The minimum atomic E-state index is -1.20. The van der Waals surface area contributed by atoms with E-state index in [2.05, 4.69) is 0 Å². The molecule has 0 aliphatic rings. The standard InChI is InChI=1S/C15H6Cl2F2O2S.H3N/c16-6-1-2-7-12(3-6)22-14(15(20)21)13(7)8-4-9(17)11(19)5-10(8)18;/h1-5H,(H,20,21);1H3. The largest absolute Gasteiger partial charge is 0.477 e. The second kappa shape index (κ2) is 6.41. The lowest BCUT2D eigenvalue weighted by molar-refractivity contribution is 0.0703. The molecule has 3 nitrogen and oxygen atoms in total. The number of carboxylic acid groups (broad SMARTS) is 1. The van der Waals surface area contributed by atoms with Crippen LogP contribution in [0.25, 0.3) is 21.2 Å². The van der Waals surface area contributed by atoms with E-state index in [4.69, 9.17) is 23.2 Å². The number of thiophene rings is 1. The molecule has 0 fully saturated rings. The summed E-state index contributed by atoms with van der Waals surface area (Å²) in [6, 6.07) is 6.51. The van der Waals surface area contributed by atoms with Crippen LogP contribution in [0.3, 0.4) is 0 Å². The fourth-order valence-electron chi connectivity index (χ4n) is 2.20. The lowest BCUT2D eigenvalue weighted by Crippen LogP contribution is -1.97. The Morgan fingerprint density at radius 1 is 1.09 bits per heavy atom. The van der Waals surface area contributed by atoms with Crippen molar-refractivity contribution in [1.29, 1.82) is 0 Å². The Bertz CT molecular complexity index is 927. The molecule has 0 radical (unpaired) electrons. The van der Waals surface area contributed by atoms with Gasteiger partial charge < -0.3 is 11.3 Å². The van der Waals surface area contributed by atoms with Gasteiger partial charge in [0.15, 0.2) is 0 Å². The summed E-state index contributed by atoms with van der Waals surface area (Å²) in [6.45, 7) is 0. The fraction of sp³-hybridized carbons (Fsp3) is 0. The van der Waals surface area contributed by atoms with E-state index >= 15 is 0 Å². The van der Waals surface area contributed by atoms with Crippen molar-refractivity contribution >= 4 is 50.6 Å². The molecule has 0 atom stereocenters. The molecule has 120 valence electrons. The van der Waals surface area contributed by atoms with Crippen molar-refractivity contribution in [2.45, 2.75) is 0 Å². The first-order valence-corrected chi connectivity index (χ1v) is 7.56. The van der Waals surface area contributed by atoms with Gasteiger partial charge in [0.2, 0.25) is 0 Å². The second-order valence-corrected chi connectivity index (χ2v) is 6.39. The van der Waals surface area contributed by atoms with E-state index < -0.39 is 17.6 Å². The predicted molar refractivity (Wildman–Crippen MR) is 89.2 cm³/mol. The highest BCUT2D eigenvalue weighted by Crippen LogP contribution is 2.41. The Morgan fingerprint density at radius 2 is 1.78 bits per heavy atom. The monoisotopic (exact) mass is 375 g/mol. The van der Waals surface area contributed by atoms with Gasteiger partial charge in [-0.25, -0.2) is 13.6 Å². The van der Waals surface area contributed by atoms with Gasteiger partial charge >= 0.3 is 5.97 Å². The zero-order valence-electron chi connectivity index (χ0n) is 11.4. The lowest BCUT2D eigenvalue weighted by atomic mass is 10.0. The SMILES string of the molecule is N.O=C(O)c1sc2cc(Cl)ccc2c1-c1cc(Cl)c(F)cc1F. The third-order valence-electron chi connectivity index (χ3n) is 3.13. The van der Waals surface area contributed by atoms with E-state index in [0.29, 0.717) is 21.2 Å². The molecule has 0 unspecified atom stereocenters. The van der Waals surface area contributed by atoms with Crippen LogP contribution in [0.5, 0.6) is 0 Å². The van der Waals surface area contributed by atoms with E-state index in [1.165, 1.54) is 0 Å². The first-order valence-electron chi connectivity index (χ1n) is 5.98. The summed E-state index contributed by atoms with van der Waals surface area (Å²) in [5.74, 6) is -2.98. The summed E-state index contributed by atoms with van der Waals surface area (Å²) >= 11 is 12.6. The van der Waals surface area contributed by atoms with E-state index in [0.717, 1.165) is 17.4 Å². The molecule has 0 spiro atoms. The van der Waals surface area contributed by atoms with Gasteiger partial charge in [-0.3, -0.25) is 0 Å². The molecule has 4 N–H and O–H groups in total. The number of hydrogen-bond donors (Lipinski definition) is 2. The quantitative estimate of drug-likeness (QED) is 0.538. The molecule has 3 rings (SSSR count). The Balaban J connectivity index is 0.00000192. The average Bonchev–Trinajstić information content (AvgIpc) is 2.81. The van der Waals surface area contributed by atoms with Crippen LogP contribution in [-0.2, 0) is 0 Å². The molecule has 3 aromatic rings. The number of carboxylic acids is 1. The third-order valence-corrected chi connectivity index (χ3v) is 4.79. The second-order valence-electron chi connectivity index (χ2n) is 4.50. The van der Waals surface area contributed by atoms with Gasteiger partial charge in [-0.2, -0.15) is 0 Å². The fourth-order valence-corrected chi connectivity index (χ4v) is 3.70. The van der Waals surface area contributed by atoms with Gasteiger partial charge in [0.25, 0.3) is 0 Å². The van der Waals surface area contributed by atoms with Crippen molar-refractivity contribution in [1.82, 2.24) is 6.15 Å². The maximum absolute atomic E-state index is 14.1. The number of benzene rings is 2. The van der Waals surface area contributed by atoms with E-state index in [1.54, 1.807) is 18.2 Å². The first kappa shape index (κ1) is 17.6. The molecule has 0 aliphatic heterocycles. The molecular weight excluding hydrogens is 367 g/mol. The van der Waals surface area contributed by atoms with E-state index in [-0.39, 0.29) is 27.2 Å². The van der Waals surface area contributed by atoms with Gasteiger partial charge in [0.05, 0.1) is 5.02 Å². The Labute approximate surface area is 143 Å². The topological polar surface area (TPSA) is 72.3 Å². The van der Waals surface area contributed by atoms with Crippen LogP contribution in [0.2, 0.25) is 10.0 Å². The van der Waals surface area contributed by atoms with Crippen LogP contribution in [0.15, 0.2) is 30.3 Å². The van der Waals surface area contributed by atoms with Crippen molar-refractivity contribution in [3.05, 3.63) is 56.9 Å². The molecule has 0 aliphatic carbocycles. The van der Waals surface area contributed by atoms with Crippen LogP contribution in [0.4, 0.5) is 8.78 Å². The molecule has 0 amide bonds. The van der Waals surface area contributed by atoms with Crippen molar-refractivity contribution in [3.8, 4) is 11.1 Å². The summed E-state index contributed by atoms with van der Waals surface area (Å²) in [6.07, 6.45) is 0. The van der Waals surface area contributed by atoms with Crippen LogP contribution in [-0.4, -0.2) is 11.1 Å². The number of hydrogen-bond acceptors (Lipinski definition) is 3. The molecule has 1 aromatic heterocycles. The van der Waals surface area contributed by atoms with Gasteiger partial charge in [-0.15, -0.1) is 11.3 Å². The molecule has 0 bridgehead atoms. The number of rotatable bonds is 2. The van der Waals surface area contributed by atoms with Crippen molar-refractivity contribution in [2.75, 3.05) is 0 Å². The van der Waals surface area contributed by atoms with Crippen LogP contribution in [0.1, 0.15) is 9.67 Å². The van der Waals surface area contributed by atoms with Gasteiger partial charge in [-0.1, -0.05) is 29.3 Å². The summed E-state index contributed by atoms with van der Waals surface area (Å²) in [7, 11) is 0. The van der Waals surface area contributed by atoms with Gasteiger partial charge in [-0.05, 0) is 18.2 Å². The Morgan fingerprint density at radius 3 is 2.43 bits per heavy atom. The van der Waals surface area contributed by atoms with Crippen molar-refractivity contribution in [3.63, 3.8) is 0 Å². The summed E-state index contributed by atoms with van der Waals surface area (Å²) in [5, 5.41) is 10.0. The zero-order chi connectivity index (χ0) is 16.0. The molecule has 8 heteroatoms. The Kier molecular flexibility index (Phi) is 4.91. The third kappa shape index (κ3) is 3.03. The lowest BCUT2D eigenvalue weighted by Gasteiger charge is -2.06. The minimum absolute atomic E-state index is 0. The maximum Gasteiger partial charge on any atom is 0.346 e. The van der Waals surface area contributed by atoms with E-state index in [1.807, 2.05) is 0 Å². The minimum Gasteiger partial charge on any atom is -0.477 e. The highest BCUT2D eigenvalue weighted by atomic mass is 35.5. The normalized spacial score (nSPS) is 10.6. The first-order chi connectivity index (χ1) is 10.4. The number of aromatic carboxylic acids is 1. The molecule has 1 heterocycles. The number of carbonyl (C=O) groups is 1. The zero-order valence-corrected chi connectivity index (χ0v) is 13.7. The molecule has 0 saturated heterocycles. The van der Waals surface area contributed by atoms with E-state index in [9.17, 15) is 18.7 Å². The summed E-state index contributed by atoms with van der Waals surface area (Å²) < 4.78 is 28.1. The Hall–Kier alpha value is -1.73. The van der Waals surface area contributed by atoms with Crippen LogP contribution < -0.4 is 6.15 Å². The highest BCUT2D eigenvalue weighted by molar-refractivity contribution is 7.21. The predicted octanol–water partition coefficient (Wildman–Crippen LogP) is 6.01.